The number of fused-ring (bicyclic) bond motifs is 1. The molecule has 1 aromatic carbocycles. The molecule has 1 saturated carbocycles. The van der Waals surface area contributed by atoms with Gasteiger partial charge in [0, 0.05) is 16.7 Å². The van der Waals surface area contributed by atoms with Crippen molar-refractivity contribution in [3.05, 3.63) is 70.9 Å². The quantitative estimate of drug-likeness (QED) is 0.454. The Morgan fingerprint density at radius 2 is 1.78 bits per heavy atom. The molecule has 0 saturated heterocycles. The van der Waals surface area contributed by atoms with Crippen LogP contribution in [0.25, 0.3) is 16.8 Å². The molecule has 1 heterocycles. The van der Waals surface area contributed by atoms with Gasteiger partial charge in [-0.25, -0.2) is 4.98 Å². The van der Waals surface area contributed by atoms with Crippen molar-refractivity contribution in [2.24, 2.45) is 5.41 Å². The van der Waals surface area contributed by atoms with Gasteiger partial charge in [-0.15, -0.1) is 5.73 Å². The van der Waals surface area contributed by atoms with Gasteiger partial charge in [0.2, 0.25) is 0 Å². The smallest absolute Gasteiger partial charge is 0.0930 e. The monoisotopic (exact) mass is 430 g/mol. The van der Waals surface area contributed by atoms with Crippen LogP contribution in [0.2, 0.25) is 0 Å². The predicted octanol–water partition coefficient (Wildman–Crippen LogP) is 8.86. The average molecular weight is 431 g/mol. The maximum absolute atomic E-state index is 5.14. The summed E-state index contributed by atoms with van der Waals surface area (Å²) in [6, 6.07) is 6.95. The van der Waals surface area contributed by atoms with Crippen molar-refractivity contribution >= 4 is 5.57 Å². The van der Waals surface area contributed by atoms with Crippen LogP contribution in [-0.4, -0.2) is 9.97 Å². The van der Waals surface area contributed by atoms with Gasteiger partial charge in [0.1, 0.15) is 0 Å². The number of benzene rings is 1. The lowest BCUT2D eigenvalue weighted by molar-refractivity contribution is 0.520. The summed E-state index contributed by atoms with van der Waals surface area (Å²) in [7, 11) is 0. The minimum atomic E-state index is -0.0289. The van der Waals surface area contributed by atoms with Gasteiger partial charge in [0.25, 0.3) is 0 Å². The second kappa shape index (κ2) is 10.9. The molecule has 0 N–H and O–H groups in total. The van der Waals surface area contributed by atoms with Gasteiger partial charge in [-0.05, 0) is 61.6 Å². The van der Waals surface area contributed by atoms with Crippen molar-refractivity contribution in [1.29, 1.82) is 0 Å². The van der Waals surface area contributed by atoms with Crippen molar-refractivity contribution in [2.75, 3.05) is 0 Å². The zero-order valence-electron chi connectivity index (χ0n) is 20.3. The van der Waals surface area contributed by atoms with Crippen molar-refractivity contribution in [1.82, 2.24) is 9.97 Å². The van der Waals surface area contributed by atoms with E-state index in [0.717, 1.165) is 41.1 Å². The Bertz CT molecular complexity index is 1010. The molecule has 2 aromatic rings. The molecule has 0 amide bonds. The first-order valence-corrected chi connectivity index (χ1v) is 12.0. The molecule has 1 aromatic heterocycles. The molecule has 0 spiro atoms. The van der Waals surface area contributed by atoms with E-state index in [-0.39, 0.29) is 12.8 Å². The summed E-state index contributed by atoms with van der Waals surface area (Å²) in [6.07, 6.45) is 11.5. The highest BCUT2D eigenvalue weighted by Crippen LogP contribution is 2.40. The van der Waals surface area contributed by atoms with E-state index < -0.39 is 0 Å². The summed E-state index contributed by atoms with van der Waals surface area (Å²) < 4.78 is 0. The Morgan fingerprint density at radius 1 is 1.09 bits per heavy atom. The molecule has 0 bridgehead atoms. The second-order valence-corrected chi connectivity index (χ2v) is 9.62. The van der Waals surface area contributed by atoms with Crippen LogP contribution in [0.5, 0.6) is 0 Å². The fraction of sp³-hybridized carbons (Fsp3) is 0.500. The van der Waals surface area contributed by atoms with E-state index in [0.29, 0.717) is 5.92 Å². The van der Waals surface area contributed by atoms with Crippen molar-refractivity contribution in [3.63, 3.8) is 0 Å². The molecule has 32 heavy (non-hydrogen) atoms. The molecule has 1 fully saturated rings. The summed E-state index contributed by atoms with van der Waals surface area (Å²) in [5.74, 6) is 0.700. The van der Waals surface area contributed by atoms with Crippen LogP contribution in [0.1, 0.15) is 103 Å². The highest BCUT2D eigenvalue weighted by Gasteiger charge is 2.27. The maximum atomic E-state index is 5.14. The molecule has 0 aliphatic heterocycles. The third-order valence-electron chi connectivity index (χ3n) is 6.25. The van der Waals surface area contributed by atoms with E-state index in [1.807, 2.05) is 20.0 Å². The van der Waals surface area contributed by atoms with Crippen LogP contribution < -0.4 is 0 Å². The normalized spacial score (nSPS) is 15.5. The second-order valence-electron chi connectivity index (χ2n) is 9.62. The zero-order chi connectivity index (χ0) is 22.6. The number of allylic oxidation sites excluding steroid dienone is 3. The van der Waals surface area contributed by atoms with Crippen LogP contribution in [0.3, 0.4) is 0 Å². The standard InChI is InChI=1S/C27H32N2.C2H6.CH4/c1-6-23(27(3,4)5)22-12-9-13-24-26(22)29-25(17-28-24)21-15-18(2)14-20(16-21)19-10-7-8-11-19;1-2;/h12,14-17,19H,1,7-11,13H2,2-5H3;1-2H3;1H4. The molecule has 172 valence electrons. The Balaban J connectivity index is 0.00000118. The van der Waals surface area contributed by atoms with Crippen LogP contribution >= 0.6 is 0 Å². The molecule has 4 rings (SSSR count). The van der Waals surface area contributed by atoms with E-state index in [1.165, 1.54) is 42.4 Å². The number of aryl methyl sites for hydroxylation is 2. The van der Waals surface area contributed by atoms with E-state index >= 15 is 0 Å². The highest BCUT2D eigenvalue weighted by molar-refractivity contribution is 5.81. The van der Waals surface area contributed by atoms with Gasteiger partial charge in [0.05, 0.1) is 23.3 Å². The Kier molecular flexibility index (Phi) is 8.81. The number of aromatic nitrogens is 2. The van der Waals surface area contributed by atoms with Gasteiger partial charge in [0.15, 0.2) is 0 Å². The van der Waals surface area contributed by atoms with Gasteiger partial charge in [-0.2, -0.15) is 0 Å². The molecule has 2 heteroatoms. The molecular formula is C30H42N2. The molecule has 2 aliphatic rings. The first-order valence-electron chi connectivity index (χ1n) is 12.0. The summed E-state index contributed by atoms with van der Waals surface area (Å²) in [4.78, 5) is 9.97. The molecular weight excluding hydrogens is 388 g/mol. The first kappa shape index (κ1) is 25.8. The van der Waals surface area contributed by atoms with Crippen LogP contribution in [0, 0.1) is 12.3 Å². The van der Waals surface area contributed by atoms with E-state index in [4.69, 9.17) is 9.97 Å². The SMILES string of the molecule is C.C=C=C(C1=CCCc2ncc(-c3cc(C)cc(C4CCCC4)c3)nc21)C(C)(C)C.CC. The Hall–Kier alpha value is -2.44. The number of hydrogen-bond donors (Lipinski definition) is 0. The lowest BCUT2D eigenvalue weighted by atomic mass is 9.79. The maximum Gasteiger partial charge on any atom is 0.0930 e. The number of rotatable bonds is 3. The summed E-state index contributed by atoms with van der Waals surface area (Å²) in [5.41, 5.74) is 12.5. The minimum Gasteiger partial charge on any atom is -0.257 e. The molecule has 0 radical (unpaired) electrons. The number of hydrogen-bond acceptors (Lipinski definition) is 2. The summed E-state index contributed by atoms with van der Waals surface area (Å²) in [5, 5.41) is 0. The summed E-state index contributed by atoms with van der Waals surface area (Å²) >= 11 is 0. The lowest BCUT2D eigenvalue weighted by Crippen LogP contribution is -2.15. The van der Waals surface area contributed by atoms with E-state index in [1.54, 1.807) is 0 Å². The van der Waals surface area contributed by atoms with E-state index in [2.05, 4.69) is 64.3 Å². The predicted molar refractivity (Wildman–Crippen MR) is 140 cm³/mol. The van der Waals surface area contributed by atoms with Crippen molar-refractivity contribution in [2.45, 2.75) is 93.4 Å². The fourth-order valence-corrected chi connectivity index (χ4v) is 4.84. The highest BCUT2D eigenvalue weighted by atomic mass is 14.8. The summed E-state index contributed by atoms with van der Waals surface area (Å²) in [6.45, 7) is 16.8. The largest absolute Gasteiger partial charge is 0.257 e. The van der Waals surface area contributed by atoms with Gasteiger partial charge >= 0.3 is 0 Å². The van der Waals surface area contributed by atoms with Crippen LogP contribution in [-0.2, 0) is 6.42 Å². The lowest BCUT2D eigenvalue weighted by Gasteiger charge is -2.26. The first-order chi connectivity index (χ1) is 14.9. The Morgan fingerprint density at radius 3 is 2.41 bits per heavy atom. The molecule has 0 unspecified atom stereocenters. The molecule has 0 atom stereocenters. The van der Waals surface area contributed by atoms with Gasteiger partial charge in [-0.3, -0.25) is 4.98 Å². The number of nitrogens with zero attached hydrogens (tertiary/aromatic N) is 2. The Labute approximate surface area is 196 Å². The third kappa shape index (κ3) is 5.48. The minimum absolute atomic E-state index is 0. The molecule has 2 nitrogen and oxygen atoms in total. The van der Waals surface area contributed by atoms with Crippen molar-refractivity contribution in [3.8, 4) is 11.3 Å². The van der Waals surface area contributed by atoms with Crippen LogP contribution in [0.15, 0.2) is 48.4 Å². The third-order valence-corrected chi connectivity index (χ3v) is 6.25. The van der Waals surface area contributed by atoms with E-state index in [9.17, 15) is 0 Å². The fourth-order valence-electron chi connectivity index (χ4n) is 4.84. The molecule has 2 aliphatic carbocycles. The van der Waals surface area contributed by atoms with Crippen molar-refractivity contribution < 1.29 is 0 Å². The van der Waals surface area contributed by atoms with Gasteiger partial charge < -0.3 is 0 Å². The van der Waals surface area contributed by atoms with Crippen LogP contribution in [0.4, 0.5) is 0 Å². The average Bonchev–Trinajstić information content (AvgIpc) is 3.29. The topological polar surface area (TPSA) is 25.8 Å². The zero-order valence-corrected chi connectivity index (χ0v) is 20.3. The van der Waals surface area contributed by atoms with Gasteiger partial charge in [-0.1, -0.05) is 79.2 Å².